The Kier molecular flexibility index (Phi) is 2.10. The molecule has 0 unspecified atom stereocenters. The maximum absolute atomic E-state index is 11.8. The molecule has 0 aliphatic carbocycles. The zero-order valence-corrected chi connectivity index (χ0v) is 9.27. The molecule has 5 nitrogen and oxygen atoms in total. The minimum Gasteiger partial charge on any atom is -0.439 e. The first-order valence-electron chi connectivity index (χ1n) is 5.32. The van der Waals surface area contributed by atoms with Crippen molar-refractivity contribution in [3.05, 3.63) is 51.7 Å². The summed E-state index contributed by atoms with van der Waals surface area (Å²) in [4.78, 5) is 11.8. The van der Waals surface area contributed by atoms with E-state index in [2.05, 4.69) is 0 Å². The molecule has 0 radical (unpaired) electrons. The SMILES string of the molecule is N#CC1=C(N)Oc2c(c(=O)oc3ccccc23)C1. The van der Waals surface area contributed by atoms with Crippen LogP contribution in [0.1, 0.15) is 5.56 Å². The Bertz CT molecular complexity index is 781. The molecule has 0 saturated carbocycles. The Morgan fingerprint density at radius 2 is 2.11 bits per heavy atom. The predicted octanol–water partition coefficient (Wildman–Crippen LogP) is 1.42. The van der Waals surface area contributed by atoms with Crippen molar-refractivity contribution in [1.29, 1.82) is 5.26 Å². The number of hydrogen-bond acceptors (Lipinski definition) is 5. The zero-order valence-electron chi connectivity index (χ0n) is 9.27. The maximum Gasteiger partial charge on any atom is 0.343 e. The molecule has 0 saturated heterocycles. The molecule has 1 aliphatic heterocycles. The fraction of sp³-hybridized carbons (Fsp3) is 0.0769. The van der Waals surface area contributed by atoms with Gasteiger partial charge in [0.15, 0.2) is 5.75 Å². The standard InChI is InChI=1S/C13H8N2O3/c14-6-7-5-9-11(18-12(7)15)8-3-1-2-4-10(8)17-13(9)16/h1-4H,5,15H2. The molecule has 1 aromatic heterocycles. The number of rotatable bonds is 0. The molecule has 5 heteroatoms. The summed E-state index contributed by atoms with van der Waals surface area (Å²) in [6, 6.07) is 8.95. The van der Waals surface area contributed by atoms with E-state index in [-0.39, 0.29) is 17.9 Å². The van der Waals surface area contributed by atoms with Crippen molar-refractivity contribution < 1.29 is 9.15 Å². The van der Waals surface area contributed by atoms with Crippen LogP contribution < -0.4 is 16.1 Å². The number of benzene rings is 1. The molecule has 18 heavy (non-hydrogen) atoms. The second-order valence-electron chi connectivity index (χ2n) is 3.93. The van der Waals surface area contributed by atoms with E-state index in [1.807, 2.05) is 12.1 Å². The van der Waals surface area contributed by atoms with Gasteiger partial charge in [-0.25, -0.2) is 4.79 Å². The van der Waals surface area contributed by atoms with Crippen LogP contribution in [-0.2, 0) is 6.42 Å². The molecule has 2 aromatic rings. The van der Waals surface area contributed by atoms with Gasteiger partial charge in [0.05, 0.1) is 16.5 Å². The Labute approximate surface area is 102 Å². The number of nitriles is 1. The topological polar surface area (TPSA) is 89.3 Å². The lowest BCUT2D eigenvalue weighted by molar-refractivity contribution is 0.394. The zero-order chi connectivity index (χ0) is 12.7. The van der Waals surface area contributed by atoms with E-state index in [9.17, 15) is 4.79 Å². The van der Waals surface area contributed by atoms with Gasteiger partial charge in [-0.3, -0.25) is 0 Å². The van der Waals surface area contributed by atoms with Gasteiger partial charge < -0.3 is 14.9 Å². The molecule has 0 amide bonds. The van der Waals surface area contributed by atoms with Gasteiger partial charge in [0, 0.05) is 6.42 Å². The van der Waals surface area contributed by atoms with Crippen LogP contribution in [0.4, 0.5) is 0 Å². The number of hydrogen-bond donors (Lipinski definition) is 1. The molecule has 0 fully saturated rings. The van der Waals surface area contributed by atoms with E-state index in [0.717, 1.165) is 0 Å². The summed E-state index contributed by atoms with van der Waals surface area (Å²) >= 11 is 0. The minimum atomic E-state index is -0.496. The molecular weight excluding hydrogens is 232 g/mol. The molecule has 1 aliphatic rings. The molecular formula is C13H8N2O3. The van der Waals surface area contributed by atoms with E-state index >= 15 is 0 Å². The first-order chi connectivity index (χ1) is 8.70. The highest BCUT2D eigenvalue weighted by Crippen LogP contribution is 2.33. The number of nitrogens with two attached hydrogens (primary N) is 1. The highest BCUT2D eigenvalue weighted by atomic mass is 16.5. The number of fused-ring (bicyclic) bond motifs is 3. The summed E-state index contributed by atoms with van der Waals surface area (Å²) in [6.45, 7) is 0. The van der Waals surface area contributed by atoms with Crippen LogP contribution in [0.25, 0.3) is 11.0 Å². The molecule has 2 N–H and O–H groups in total. The molecule has 1 aromatic carbocycles. The Morgan fingerprint density at radius 1 is 1.33 bits per heavy atom. The Morgan fingerprint density at radius 3 is 2.89 bits per heavy atom. The summed E-state index contributed by atoms with van der Waals surface area (Å²) in [5.74, 6) is 0.430. The number of allylic oxidation sites excluding steroid dienone is 1. The summed E-state index contributed by atoms with van der Waals surface area (Å²) < 4.78 is 10.6. The lowest BCUT2D eigenvalue weighted by atomic mass is 10.0. The average molecular weight is 240 g/mol. The van der Waals surface area contributed by atoms with Crippen LogP contribution in [-0.4, -0.2) is 0 Å². The van der Waals surface area contributed by atoms with Crippen LogP contribution in [0.15, 0.2) is 44.9 Å². The van der Waals surface area contributed by atoms with E-state index in [0.29, 0.717) is 22.3 Å². The smallest absolute Gasteiger partial charge is 0.343 e. The van der Waals surface area contributed by atoms with Crippen LogP contribution >= 0.6 is 0 Å². The van der Waals surface area contributed by atoms with Crippen molar-refractivity contribution in [3.63, 3.8) is 0 Å². The Balaban J connectivity index is 2.35. The van der Waals surface area contributed by atoms with Gasteiger partial charge >= 0.3 is 5.63 Å². The van der Waals surface area contributed by atoms with Crippen molar-refractivity contribution in [2.75, 3.05) is 0 Å². The van der Waals surface area contributed by atoms with Crippen molar-refractivity contribution in [1.82, 2.24) is 0 Å². The van der Waals surface area contributed by atoms with Gasteiger partial charge in [-0.05, 0) is 12.1 Å². The highest BCUT2D eigenvalue weighted by Gasteiger charge is 2.24. The minimum absolute atomic E-state index is 0.0424. The van der Waals surface area contributed by atoms with Crippen molar-refractivity contribution in [2.24, 2.45) is 5.73 Å². The van der Waals surface area contributed by atoms with Gasteiger partial charge in [0.2, 0.25) is 5.88 Å². The monoisotopic (exact) mass is 240 g/mol. The van der Waals surface area contributed by atoms with Gasteiger partial charge in [-0.1, -0.05) is 12.1 Å². The van der Waals surface area contributed by atoms with Crippen molar-refractivity contribution in [3.8, 4) is 11.8 Å². The summed E-state index contributed by atoms with van der Waals surface area (Å²) in [5, 5.41) is 9.56. The molecule has 0 atom stereocenters. The lowest BCUT2D eigenvalue weighted by Crippen LogP contribution is -2.21. The molecule has 88 valence electrons. The Hall–Kier alpha value is -2.74. The van der Waals surface area contributed by atoms with Crippen LogP contribution in [0.2, 0.25) is 0 Å². The third kappa shape index (κ3) is 1.36. The molecule has 0 spiro atoms. The van der Waals surface area contributed by atoms with E-state index in [1.165, 1.54) is 0 Å². The van der Waals surface area contributed by atoms with Gasteiger partial charge in [0.1, 0.15) is 11.7 Å². The second-order valence-corrected chi connectivity index (χ2v) is 3.93. The summed E-state index contributed by atoms with van der Waals surface area (Å²) in [6.07, 6.45) is 0.144. The number of ether oxygens (including phenoxy) is 1. The highest BCUT2D eigenvalue weighted by molar-refractivity contribution is 5.85. The number of para-hydroxylation sites is 1. The predicted molar refractivity (Wildman–Crippen MR) is 63.6 cm³/mol. The normalized spacial score (nSPS) is 13.9. The maximum atomic E-state index is 11.8. The fourth-order valence-corrected chi connectivity index (χ4v) is 1.96. The van der Waals surface area contributed by atoms with Crippen molar-refractivity contribution >= 4 is 11.0 Å². The molecule has 2 heterocycles. The summed E-state index contributed by atoms with van der Waals surface area (Å²) in [5.41, 5.74) is 6.16. The molecule has 3 rings (SSSR count). The molecule has 0 bridgehead atoms. The van der Waals surface area contributed by atoms with Gasteiger partial charge in [-0.2, -0.15) is 5.26 Å². The first-order valence-corrected chi connectivity index (χ1v) is 5.32. The third-order valence-corrected chi connectivity index (χ3v) is 2.85. The quantitative estimate of drug-likeness (QED) is 0.703. The van der Waals surface area contributed by atoms with E-state index < -0.39 is 5.63 Å². The van der Waals surface area contributed by atoms with Crippen molar-refractivity contribution in [2.45, 2.75) is 6.42 Å². The van der Waals surface area contributed by atoms with Gasteiger partial charge in [0.25, 0.3) is 0 Å². The average Bonchev–Trinajstić information content (AvgIpc) is 2.38. The van der Waals surface area contributed by atoms with Crippen LogP contribution in [0.3, 0.4) is 0 Å². The number of nitrogens with zero attached hydrogens (tertiary/aromatic N) is 1. The van der Waals surface area contributed by atoms with E-state index in [4.69, 9.17) is 20.1 Å². The first kappa shape index (κ1) is 10.4. The summed E-state index contributed by atoms with van der Waals surface area (Å²) in [7, 11) is 0. The van der Waals surface area contributed by atoms with Gasteiger partial charge in [-0.15, -0.1) is 0 Å². The fourth-order valence-electron chi connectivity index (χ4n) is 1.96. The van der Waals surface area contributed by atoms with E-state index in [1.54, 1.807) is 18.2 Å². The third-order valence-electron chi connectivity index (χ3n) is 2.85. The van der Waals surface area contributed by atoms with Crippen LogP contribution in [0.5, 0.6) is 5.75 Å². The van der Waals surface area contributed by atoms with Crippen LogP contribution in [0, 0.1) is 11.3 Å². The lowest BCUT2D eigenvalue weighted by Gasteiger charge is -2.17. The second kappa shape index (κ2) is 3.64. The largest absolute Gasteiger partial charge is 0.439 e.